The van der Waals surface area contributed by atoms with E-state index in [4.69, 9.17) is 15.1 Å². The number of rotatable bonds is 4. The van der Waals surface area contributed by atoms with E-state index in [9.17, 15) is 13.2 Å². The average Bonchev–Trinajstić information content (AvgIpc) is 2.81. The number of carbonyl (C=O) groups is 1. The van der Waals surface area contributed by atoms with Gasteiger partial charge in [-0.05, 0) is 25.2 Å². The average molecular weight is 306 g/mol. The van der Waals surface area contributed by atoms with Gasteiger partial charge in [0.25, 0.3) is 15.0 Å². The lowest BCUT2D eigenvalue weighted by molar-refractivity contribution is 0.0754. The van der Waals surface area contributed by atoms with Crippen molar-refractivity contribution in [3.63, 3.8) is 0 Å². The lowest BCUT2D eigenvalue weighted by Crippen LogP contribution is -2.28. The molecule has 1 amide bonds. The Labute approximate surface area is 116 Å². The van der Waals surface area contributed by atoms with Crippen molar-refractivity contribution in [1.82, 2.24) is 4.90 Å². The smallest absolute Gasteiger partial charge is 0.289 e. The van der Waals surface area contributed by atoms with Crippen molar-refractivity contribution in [2.75, 3.05) is 13.6 Å². The van der Waals surface area contributed by atoms with Crippen LogP contribution in [0.2, 0.25) is 0 Å². The van der Waals surface area contributed by atoms with Crippen LogP contribution in [-0.4, -0.2) is 32.8 Å². The first-order valence-electron chi connectivity index (χ1n) is 6.00. The molecule has 0 radical (unpaired) electrons. The Kier molecular flexibility index (Phi) is 3.66. The Morgan fingerprint density at radius 2 is 2.16 bits per heavy atom. The predicted molar refractivity (Wildman–Crippen MR) is 70.7 cm³/mol. The molecule has 2 rings (SSSR count). The van der Waals surface area contributed by atoms with Gasteiger partial charge in [0.1, 0.15) is 10.7 Å². The second-order valence-electron chi connectivity index (χ2n) is 5.13. The van der Waals surface area contributed by atoms with Gasteiger partial charge in [0.05, 0.1) is 0 Å². The van der Waals surface area contributed by atoms with E-state index in [0.717, 1.165) is 6.42 Å². The molecule has 1 heterocycles. The van der Waals surface area contributed by atoms with Crippen LogP contribution in [0.4, 0.5) is 0 Å². The Morgan fingerprint density at radius 1 is 1.58 bits per heavy atom. The molecule has 1 aromatic heterocycles. The van der Waals surface area contributed by atoms with Crippen LogP contribution in [0.5, 0.6) is 0 Å². The third kappa shape index (κ3) is 3.12. The van der Waals surface area contributed by atoms with Gasteiger partial charge in [-0.3, -0.25) is 4.79 Å². The van der Waals surface area contributed by atoms with Gasteiger partial charge in [-0.1, -0.05) is 6.92 Å². The maximum absolute atomic E-state index is 12.1. The van der Waals surface area contributed by atoms with Crippen molar-refractivity contribution >= 4 is 25.6 Å². The second-order valence-corrected chi connectivity index (χ2v) is 7.66. The molecule has 0 saturated heterocycles. The fourth-order valence-electron chi connectivity index (χ4n) is 2.09. The van der Waals surface area contributed by atoms with Gasteiger partial charge in [0.2, 0.25) is 0 Å². The largest absolute Gasteiger partial charge is 0.455 e. The lowest BCUT2D eigenvalue weighted by atomic mass is 10.3. The minimum atomic E-state index is -3.88. The SMILES string of the molecule is Cc1oc(C(=O)N(C)CC2CC2C)cc1S(=O)(=O)Cl. The highest BCUT2D eigenvalue weighted by molar-refractivity contribution is 8.13. The number of nitrogens with zero attached hydrogens (tertiary/aromatic N) is 1. The Balaban J connectivity index is 2.15. The molecule has 19 heavy (non-hydrogen) atoms. The third-order valence-corrected chi connectivity index (χ3v) is 4.91. The number of amides is 1. The summed E-state index contributed by atoms with van der Waals surface area (Å²) in [5.74, 6) is 0.987. The highest BCUT2D eigenvalue weighted by atomic mass is 35.7. The highest BCUT2D eigenvalue weighted by Crippen LogP contribution is 2.38. The molecule has 7 heteroatoms. The molecular weight excluding hydrogens is 290 g/mol. The molecule has 1 fully saturated rings. The van der Waals surface area contributed by atoms with Crippen LogP contribution in [0.1, 0.15) is 29.7 Å². The minimum absolute atomic E-state index is 0.00697. The van der Waals surface area contributed by atoms with E-state index in [0.29, 0.717) is 18.4 Å². The van der Waals surface area contributed by atoms with Crippen LogP contribution in [0.15, 0.2) is 15.4 Å². The van der Waals surface area contributed by atoms with E-state index in [1.54, 1.807) is 11.9 Å². The van der Waals surface area contributed by atoms with E-state index in [1.807, 2.05) is 0 Å². The number of hydrogen-bond donors (Lipinski definition) is 0. The van der Waals surface area contributed by atoms with Gasteiger partial charge in [0.15, 0.2) is 5.76 Å². The number of furan rings is 1. The molecule has 2 unspecified atom stereocenters. The molecule has 1 aliphatic rings. The third-order valence-electron chi connectivity index (χ3n) is 3.48. The van der Waals surface area contributed by atoms with Gasteiger partial charge in [-0.25, -0.2) is 8.42 Å². The first-order valence-corrected chi connectivity index (χ1v) is 8.31. The number of carbonyl (C=O) groups excluding carboxylic acids is 1. The zero-order chi connectivity index (χ0) is 14.4. The lowest BCUT2D eigenvalue weighted by Gasteiger charge is -2.15. The Bertz CT molecular complexity index is 607. The molecule has 1 aromatic rings. The molecule has 1 aliphatic carbocycles. The molecule has 0 aromatic carbocycles. The molecule has 0 N–H and O–H groups in total. The molecular formula is C12H16ClNO4S. The summed E-state index contributed by atoms with van der Waals surface area (Å²) in [7, 11) is 3.06. The van der Waals surface area contributed by atoms with E-state index in [1.165, 1.54) is 13.0 Å². The topological polar surface area (TPSA) is 67.6 Å². The summed E-state index contributed by atoms with van der Waals surface area (Å²) in [5.41, 5.74) is 0. The Morgan fingerprint density at radius 3 is 2.58 bits per heavy atom. The standard InChI is InChI=1S/C12H16ClNO4S/c1-7-4-9(7)6-14(3)12(15)10-5-11(8(2)18-10)19(13,16)17/h5,7,9H,4,6H2,1-3H3. The number of aryl methyl sites for hydroxylation is 1. The summed E-state index contributed by atoms with van der Waals surface area (Å²) in [5, 5.41) is 0. The van der Waals surface area contributed by atoms with Crippen LogP contribution in [0.25, 0.3) is 0 Å². The monoisotopic (exact) mass is 305 g/mol. The van der Waals surface area contributed by atoms with Crippen molar-refractivity contribution in [3.8, 4) is 0 Å². The number of halogens is 1. The summed E-state index contributed by atoms with van der Waals surface area (Å²) in [6, 6.07) is 1.19. The zero-order valence-corrected chi connectivity index (χ0v) is 12.6. The van der Waals surface area contributed by atoms with E-state index < -0.39 is 9.05 Å². The molecule has 106 valence electrons. The first kappa shape index (κ1) is 14.4. The fraction of sp³-hybridized carbons (Fsp3) is 0.583. The summed E-state index contributed by atoms with van der Waals surface area (Å²) in [6.07, 6.45) is 1.12. The van der Waals surface area contributed by atoms with Gasteiger partial charge >= 0.3 is 0 Å². The van der Waals surface area contributed by atoms with E-state index >= 15 is 0 Å². The van der Waals surface area contributed by atoms with Crippen LogP contribution in [0, 0.1) is 18.8 Å². The van der Waals surface area contributed by atoms with Crippen LogP contribution in [0.3, 0.4) is 0 Å². The van der Waals surface area contributed by atoms with Gasteiger partial charge < -0.3 is 9.32 Å². The van der Waals surface area contributed by atoms with Crippen LogP contribution < -0.4 is 0 Å². The number of hydrogen-bond acceptors (Lipinski definition) is 4. The summed E-state index contributed by atoms with van der Waals surface area (Å²) in [6.45, 7) is 4.26. The van der Waals surface area contributed by atoms with Crippen molar-refractivity contribution < 1.29 is 17.6 Å². The van der Waals surface area contributed by atoms with E-state index in [2.05, 4.69) is 6.92 Å². The zero-order valence-electron chi connectivity index (χ0n) is 11.0. The Hall–Kier alpha value is -1.01. The molecule has 0 bridgehead atoms. The molecule has 0 aliphatic heterocycles. The maximum Gasteiger partial charge on any atom is 0.289 e. The first-order chi connectivity index (χ1) is 8.70. The highest BCUT2D eigenvalue weighted by Gasteiger charge is 2.35. The molecule has 0 spiro atoms. The van der Waals surface area contributed by atoms with Crippen LogP contribution >= 0.6 is 10.7 Å². The van der Waals surface area contributed by atoms with Gasteiger partial charge in [0, 0.05) is 30.3 Å². The summed E-state index contributed by atoms with van der Waals surface area (Å²) in [4.78, 5) is 13.5. The van der Waals surface area contributed by atoms with E-state index in [-0.39, 0.29) is 22.3 Å². The molecule has 1 saturated carbocycles. The van der Waals surface area contributed by atoms with Gasteiger partial charge in [-0.2, -0.15) is 0 Å². The van der Waals surface area contributed by atoms with Gasteiger partial charge in [-0.15, -0.1) is 0 Å². The maximum atomic E-state index is 12.1. The predicted octanol–water partition coefficient (Wildman–Crippen LogP) is 2.24. The van der Waals surface area contributed by atoms with Crippen molar-refractivity contribution in [2.45, 2.75) is 25.2 Å². The van der Waals surface area contributed by atoms with Crippen molar-refractivity contribution in [1.29, 1.82) is 0 Å². The fourth-order valence-corrected chi connectivity index (χ4v) is 3.18. The van der Waals surface area contributed by atoms with Crippen molar-refractivity contribution in [3.05, 3.63) is 17.6 Å². The quantitative estimate of drug-likeness (QED) is 0.800. The molecule has 5 nitrogen and oxygen atoms in total. The summed E-state index contributed by atoms with van der Waals surface area (Å²) >= 11 is 0. The van der Waals surface area contributed by atoms with Crippen LogP contribution in [-0.2, 0) is 9.05 Å². The second kappa shape index (κ2) is 4.83. The normalized spacial score (nSPS) is 22.3. The summed E-state index contributed by atoms with van der Waals surface area (Å²) < 4.78 is 27.7. The minimum Gasteiger partial charge on any atom is -0.455 e. The molecule has 2 atom stereocenters. The van der Waals surface area contributed by atoms with Crippen molar-refractivity contribution in [2.24, 2.45) is 11.8 Å².